The molecule has 1 fully saturated rings. The summed E-state index contributed by atoms with van der Waals surface area (Å²) in [4.78, 5) is 4.15. The van der Waals surface area contributed by atoms with Crippen LogP contribution >= 0.6 is 11.3 Å². The van der Waals surface area contributed by atoms with Gasteiger partial charge in [0.2, 0.25) is 0 Å². The van der Waals surface area contributed by atoms with E-state index in [1.54, 1.807) is 11.3 Å². The molecule has 0 amide bonds. The third-order valence-electron chi connectivity index (χ3n) is 2.03. The van der Waals surface area contributed by atoms with Gasteiger partial charge in [-0.05, 0) is 6.92 Å². The van der Waals surface area contributed by atoms with Crippen LogP contribution in [0.1, 0.15) is 11.9 Å². The number of hydrogen-bond donors (Lipinski definition) is 1. The molecular weight excluding hydrogens is 172 g/mol. The van der Waals surface area contributed by atoms with Crippen LogP contribution in [0.15, 0.2) is 11.6 Å². The Morgan fingerprint density at radius 2 is 2.58 bits per heavy atom. The van der Waals surface area contributed by atoms with Crippen LogP contribution in [-0.4, -0.2) is 23.7 Å². The summed E-state index contributed by atoms with van der Waals surface area (Å²) in [5.74, 6) is 0. The number of ether oxygens (including phenoxy) is 1. The molecule has 2 heterocycles. The molecule has 0 unspecified atom stereocenters. The largest absolute Gasteiger partial charge is 0.365 e. The standard InChI is InChI=1S/C8H12N2OS/c1-8(5-9-6-8)11-4-7-10-2-3-12-7/h2-3,9H,4-6H2,1H3. The van der Waals surface area contributed by atoms with Gasteiger partial charge in [0.1, 0.15) is 5.01 Å². The fourth-order valence-corrected chi connectivity index (χ4v) is 1.67. The second kappa shape index (κ2) is 3.12. The third-order valence-corrected chi connectivity index (χ3v) is 2.78. The van der Waals surface area contributed by atoms with Crippen molar-refractivity contribution in [2.75, 3.05) is 13.1 Å². The smallest absolute Gasteiger partial charge is 0.118 e. The summed E-state index contributed by atoms with van der Waals surface area (Å²) >= 11 is 1.64. The number of thiazole rings is 1. The highest BCUT2D eigenvalue weighted by molar-refractivity contribution is 7.09. The van der Waals surface area contributed by atoms with Gasteiger partial charge in [-0.15, -0.1) is 11.3 Å². The molecule has 3 nitrogen and oxygen atoms in total. The topological polar surface area (TPSA) is 34.1 Å². The maximum Gasteiger partial charge on any atom is 0.118 e. The van der Waals surface area contributed by atoms with Gasteiger partial charge in [0, 0.05) is 24.7 Å². The van der Waals surface area contributed by atoms with Gasteiger partial charge >= 0.3 is 0 Å². The van der Waals surface area contributed by atoms with Gasteiger partial charge in [0.15, 0.2) is 0 Å². The maximum absolute atomic E-state index is 5.70. The zero-order chi connectivity index (χ0) is 8.44. The zero-order valence-electron chi connectivity index (χ0n) is 7.04. The van der Waals surface area contributed by atoms with Crippen molar-refractivity contribution >= 4 is 11.3 Å². The van der Waals surface area contributed by atoms with Crippen molar-refractivity contribution in [3.63, 3.8) is 0 Å². The van der Waals surface area contributed by atoms with Gasteiger partial charge in [-0.2, -0.15) is 0 Å². The number of aromatic nitrogens is 1. The summed E-state index contributed by atoms with van der Waals surface area (Å²) < 4.78 is 5.70. The van der Waals surface area contributed by atoms with Gasteiger partial charge in [-0.3, -0.25) is 0 Å². The summed E-state index contributed by atoms with van der Waals surface area (Å²) in [6.07, 6.45) is 1.81. The van der Waals surface area contributed by atoms with Gasteiger partial charge < -0.3 is 10.1 Å². The molecule has 1 saturated heterocycles. The Hall–Kier alpha value is -0.450. The quantitative estimate of drug-likeness (QED) is 0.761. The number of nitrogens with one attached hydrogen (secondary N) is 1. The lowest BCUT2D eigenvalue weighted by atomic mass is 10.0. The summed E-state index contributed by atoms with van der Waals surface area (Å²) in [6, 6.07) is 0. The summed E-state index contributed by atoms with van der Waals surface area (Å²) in [5.41, 5.74) is 0.0473. The van der Waals surface area contributed by atoms with Gasteiger partial charge in [-0.1, -0.05) is 0 Å². The molecule has 1 aliphatic heterocycles. The van der Waals surface area contributed by atoms with Crippen molar-refractivity contribution in [2.24, 2.45) is 0 Å². The van der Waals surface area contributed by atoms with E-state index in [0.29, 0.717) is 6.61 Å². The monoisotopic (exact) mass is 184 g/mol. The molecule has 1 aliphatic rings. The lowest BCUT2D eigenvalue weighted by Crippen LogP contribution is -2.58. The number of hydrogen-bond acceptors (Lipinski definition) is 4. The van der Waals surface area contributed by atoms with E-state index in [9.17, 15) is 0 Å². The van der Waals surface area contributed by atoms with Crippen LogP contribution in [0.25, 0.3) is 0 Å². The van der Waals surface area contributed by atoms with Gasteiger partial charge in [-0.25, -0.2) is 4.98 Å². The molecule has 0 spiro atoms. The van der Waals surface area contributed by atoms with Gasteiger partial charge in [0.05, 0.1) is 12.2 Å². The molecular formula is C8H12N2OS. The molecule has 0 atom stereocenters. The average Bonchev–Trinajstić information content (AvgIpc) is 2.49. The molecule has 12 heavy (non-hydrogen) atoms. The third kappa shape index (κ3) is 1.65. The van der Waals surface area contributed by atoms with Crippen LogP contribution in [0.4, 0.5) is 0 Å². The van der Waals surface area contributed by atoms with E-state index < -0.39 is 0 Å². The first-order valence-electron chi connectivity index (χ1n) is 4.02. The zero-order valence-corrected chi connectivity index (χ0v) is 7.86. The first kappa shape index (κ1) is 8.16. The van der Waals surface area contributed by atoms with E-state index in [0.717, 1.165) is 18.1 Å². The van der Waals surface area contributed by atoms with E-state index >= 15 is 0 Å². The van der Waals surface area contributed by atoms with Crippen molar-refractivity contribution in [3.8, 4) is 0 Å². The van der Waals surface area contributed by atoms with Crippen LogP contribution in [0.3, 0.4) is 0 Å². The molecule has 1 aromatic heterocycles. The molecule has 66 valence electrons. The maximum atomic E-state index is 5.70. The average molecular weight is 184 g/mol. The highest BCUT2D eigenvalue weighted by atomic mass is 32.1. The van der Waals surface area contributed by atoms with Crippen molar-refractivity contribution in [1.29, 1.82) is 0 Å². The highest BCUT2D eigenvalue weighted by Gasteiger charge is 2.32. The molecule has 0 aromatic carbocycles. The van der Waals surface area contributed by atoms with Crippen molar-refractivity contribution < 1.29 is 4.74 Å². The Morgan fingerprint density at radius 1 is 1.75 bits per heavy atom. The van der Waals surface area contributed by atoms with Crippen LogP contribution in [0.2, 0.25) is 0 Å². The Morgan fingerprint density at radius 3 is 3.08 bits per heavy atom. The molecule has 0 aliphatic carbocycles. The summed E-state index contributed by atoms with van der Waals surface area (Å²) in [6.45, 7) is 4.68. The molecule has 4 heteroatoms. The summed E-state index contributed by atoms with van der Waals surface area (Å²) in [7, 11) is 0. The van der Waals surface area contributed by atoms with Crippen LogP contribution in [0, 0.1) is 0 Å². The fraction of sp³-hybridized carbons (Fsp3) is 0.625. The normalized spacial score (nSPS) is 20.4. The minimum atomic E-state index is 0.0473. The predicted molar refractivity (Wildman–Crippen MR) is 48.2 cm³/mol. The molecule has 2 rings (SSSR count). The van der Waals surface area contributed by atoms with E-state index in [1.807, 2.05) is 11.6 Å². The van der Waals surface area contributed by atoms with Gasteiger partial charge in [0.25, 0.3) is 0 Å². The second-order valence-corrected chi connectivity index (χ2v) is 4.25. The lowest BCUT2D eigenvalue weighted by molar-refractivity contribution is -0.0767. The number of nitrogens with zero attached hydrogens (tertiary/aromatic N) is 1. The fourth-order valence-electron chi connectivity index (χ4n) is 1.14. The first-order valence-corrected chi connectivity index (χ1v) is 4.90. The van der Waals surface area contributed by atoms with Crippen LogP contribution in [-0.2, 0) is 11.3 Å². The van der Waals surface area contributed by atoms with Crippen LogP contribution in [0.5, 0.6) is 0 Å². The Bertz CT molecular complexity index is 244. The molecule has 0 radical (unpaired) electrons. The number of rotatable bonds is 3. The lowest BCUT2D eigenvalue weighted by Gasteiger charge is -2.38. The van der Waals surface area contributed by atoms with E-state index in [2.05, 4.69) is 17.2 Å². The van der Waals surface area contributed by atoms with E-state index in [1.165, 1.54) is 0 Å². The van der Waals surface area contributed by atoms with E-state index in [4.69, 9.17) is 4.74 Å². The van der Waals surface area contributed by atoms with Crippen molar-refractivity contribution in [2.45, 2.75) is 19.1 Å². The molecule has 0 bridgehead atoms. The minimum absolute atomic E-state index is 0.0473. The molecule has 0 saturated carbocycles. The van der Waals surface area contributed by atoms with E-state index in [-0.39, 0.29) is 5.60 Å². The van der Waals surface area contributed by atoms with Crippen LogP contribution < -0.4 is 5.32 Å². The predicted octanol–water partition coefficient (Wildman–Crippen LogP) is 1.02. The Kier molecular flexibility index (Phi) is 2.12. The molecule has 1 aromatic rings. The second-order valence-electron chi connectivity index (χ2n) is 3.27. The van der Waals surface area contributed by atoms with Crippen molar-refractivity contribution in [3.05, 3.63) is 16.6 Å². The van der Waals surface area contributed by atoms with Crippen molar-refractivity contribution in [1.82, 2.24) is 10.3 Å². The Balaban J connectivity index is 1.82. The SMILES string of the molecule is CC1(OCc2nccs2)CNC1. The minimum Gasteiger partial charge on any atom is -0.365 e. The highest BCUT2D eigenvalue weighted by Crippen LogP contribution is 2.18. The molecule has 1 N–H and O–H groups in total. The Labute approximate surface area is 75.8 Å². The first-order chi connectivity index (χ1) is 5.79. The summed E-state index contributed by atoms with van der Waals surface area (Å²) in [5, 5.41) is 6.22.